The standard InChI is InChI=1S/C10H13N3O3S/c1-3-12-4-5-13(10(12)16)9-11-6-7(8(14)15)17(9)2/h6H,3-5H2,1-2H3/p+1. The monoisotopic (exact) mass is 256 g/mol. The maximum atomic E-state index is 12.0. The van der Waals surface area contributed by atoms with E-state index in [1.165, 1.54) is 6.20 Å². The molecule has 0 saturated carbocycles. The molecule has 1 aliphatic rings. The van der Waals surface area contributed by atoms with Crippen molar-refractivity contribution in [1.82, 2.24) is 9.88 Å². The Morgan fingerprint density at radius 2 is 2.29 bits per heavy atom. The van der Waals surface area contributed by atoms with Crippen LogP contribution in [-0.2, 0) is 6.26 Å². The molecule has 0 spiro atoms. The fourth-order valence-corrected chi connectivity index (χ4v) is 3.23. The van der Waals surface area contributed by atoms with Crippen molar-refractivity contribution in [3.63, 3.8) is 0 Å². The van der Waals surface area contributed by atoms with Crippen molar-refractivity contribution in [3.8, 4) is 0 Å². The highest BCUT2D eigenvalue weighted by Gasteiger charge is 2.37. The molecule has 1 atom stereocenters. The predicted molar refractivity (Wildman–Crippen MR) is 64.6 cm³/mol. The molecule has 17 heavy (non-hydrogen) atoms. The van der Waals surface area contributed by atoms with Gasteiger partial charge in [-0.25, -0.2) is 14.5 Å². The number of carboxylic acid groups (broad SMARTS) is 1. The van der Waals surface area contributed by atoms with Gasteiger partial charge in [0.2, 0.25) is 0 Å². The van der Waals surface area contributed by atoms with E-state index in [2.05, 4.69) is 4.98 Å². The van der Waals surface area contributed by atoms with E-state index >= 15 is 0 Å². The summed E-state index contributed by atoms with van der Waals surface area (Å²) in [5, 5.41) is 9.53. The first-order valence-electron chi connectivity index (χ1n) is 5.30. The molecule has 0 aromatic carbocycles. The van der Waals surface area contributed by atoms with Crippen LogP contribution in [0.25, 0.3) is 0 Å². The van der Waals surface area contributed by atoms with Gasteiger partial charge in [-0.2, -0.15) is 4.98 Å². The van der Waals surface area contributed by atoms with Gasteiger partial charge in [0.25, 0.3) is 4.88 Å². The number of rotatable bonds is 3. The van der Waals surface area contributed by atoms with Gasteiger partial charge in [0.1, 0.15) is 12.5 Å². The minimum Gasteiger partial charge on any atom is -0.474 e. The highest BCUT2D eigenvalue weighted by atomic mass is 32.2. The molecule has 1 aliphatic heterocycles. The van der Waals surface area contributed by atoms with Crippen LogP contribution in [-0.4, -0.2) is 46.6 Å². The Morgan fingerprint density at radius 1 is 1.59 bits per heavy atom. The number of carbonyl (C=O) groups is 2. The summed E-state index contributed by atoms with van der Waals surface area (Å²) in [6.45, 7) is 3.85. The molecule has 2 heterocycles. The number of urea groups is 1. The van der Waals surface area contributed by atoms with Gasteiger partial charge < -0.3 is 10.0 Å². The summed E-state index contributed by atoms with van der Waals surface area (Å²) in [6.07, 6.45) is 3.14. The molecule has 92 valence electrons. The average molecular weight is 256 g/mol. The lowest BCUT2D eigenvalue weighted by molar-refractivity contribution is 0.0701. The predicted octanol–water partition coefficient (Wildman–Crippen LogP) is 1.33. The number of amides is 2. The summed E-state index contributed by atoms with van der Waals surface area (Å²) >= 11 is 0. The Kier molecular flexibility index (Phi) is 3.01. The maximum Gasteiger partial charge on any atom is 0.390 e. The van der Waals surface area contributed by atoms with Crippen molar-refractivity contribution in [2.45, 2.75) is 6.92 Å². The van der Waals surface area contributed by atoms with E-state index in [1.54, 1.807) is 16.1 Å². The first-order valence-corrected chi connectivity index (χ1v) is 6.93. The summed E-state index contributed by atoms with van der Waals surface area (Å²) in [7, 11) is -0.616. The summed E-state index contributed by atoms with van der Waals surface area (Å²) < 4.78 is 0. The molecule has 1 fully saturated rings. The van der Waals surface area contributed by atoms with Crippen LogP contribution in [0.2, 0.25) is 0 Å². The first-order chi connectivity index (χ1) is 8.06. The number of aromatic carboxylic acids is 1. The second kappa shape index (κ2) is 4.33. The lowest BCUT2D eigenvalue weighted by Crippen LogP contribution is -2.31. The molecule has 1 saturated heterocycles. The summed E-state index contributed by atoms with van der Waals surface area (Å²) in [6, 6.07) is -0.0781. The smallest absolute Gasteiger partial charge is 0.390 e. The summed E-state index contributed by atoms with van der Waals surface area (Å²) in [5.41, 5.74) is 0. The zero-order valence-electron chi connectivity index (χ0n) is 9.71. The van der Waals surface area contributed by atoms with Gasteiger partial charge in [0.15, 0.2) is 0 Å². The Hall–Kier alpha value is -1.63. The summed E-state index contributed by atoms with van der Waals surface area (Å²) in [4.78, 5) is 30.5. The molecule has 2 amide bonds. The molecule has 7 heteroatoms. The van der Waals surface area contributed by atoms with Crippen LogP contribution < -0.4 is 4.90 Å². The fraction of sp³-hybridized carbons (Fsp3) is 0.500. The SMILES string of the molecule is CCN1CCN(c2ncc(C(=O)O)[s+]2C)C1=O. The molecule has 0 radical (unpaired) electrons. The van der Waals surface area contributed by atoms with E-state index < -0.39 is 16.4 Å². The first kappa shape index (κ1) is 11.8. The topological polar surface area (TPSA) is 73.7 Å². The molecule has 1 N–H and O–H groups in total. The number of carboxylic acids is 1. The third-order valence-corrected chi connectivity index (χ3v) is 4.63. The largest absolute Gasteiger partial charge is 0.474 e. The van der Waals surface area contributed by atoms with Gasteiger partial charge in [-0.1, -0.05) is 0 Å². The molecular formula is C10H14N3O3S+. The second-order valence-electron chi connectivity index (χ2n) is 3.73. The molecule has 1 unspecified atom stereocenters. The van der Waals surface area contributed by atoms with Crippen molar-refractivity contribution in [2.24, 2.45) is 6.26 Å². The average Bonchev–Trinajstić information content (AvgIpc) is 2.82. The van der Waals surface area contributed by atoms with Gasteiger partial charge >= 0.3 is 17.1 Å². The minimum atomic E-state index is -0.964. The highest BCUT2D eigenvalue weighted by Crippen LogP contribution is 2.34. The zero-order chi connectivity index (χ0) is 12.6. The number of thiazole rings is 1. The second-order valence-corrected chi connectivity index (χ2v) is 5.56. The van der Waals surface area contributed by atoms with Crippen molar-refractivity contribution in [1.29, 1.82) is 0 Å². The number of hydrogen-bond acceptors (Lipinski definition) is 3. The van der Waals surface area contributed by atoms with Crippen molar-refractivity contribution in [3.05, 3.63) is 11.1 Å². The highest BCUT2D eigenvalue weighted by molar-refractivity contribution is 7.34. The fourth-order valence-electron chi connectivity index (χ4n) is 1.85. The Morgan fingerprint density at radius 3 is 2.76 bits per heavy atom. The van der Waals surface area contributed by atoms with Gasteiger partial charge in [-0.3, -0.25) is 0 Å². The lowest BCUT2D eigenvalue weighted by atomic mass is 10.6. The van der Waals surface area contributed by atoms with Gasteiger partial charge in [0.05, 0.1) is 6.54 Å². The third kappa shape index (κ3) is 1.86. The molecule has 1 aromatic rings. The van der Waals surface area contributed by atoms with Crippen LogP contribution in [0.5, 0.6) is 0 Å². The van der Waals surface area contributed by atoms with Crippen LogP contribution in [0, 0.1) is 0 Å². The Balaban J connectivity index is 2.30. The van der Waals surface area contributed by atoms with E-state index in [-0.39, 0.29) is 10.9 Å². The molecule has 2 rings (SSSR count). The van der Waals surface area contributed by atoms with Crippen LogP contribution in [0.3, 0.4) is 0 Å². The minimum absolute atomic E-state index is 0.0781. The van der Waals surface area contributed by atoms with E-state index in [1.807, 2.05) is 6.92 Å². The lowest BCUT2D eigenvalue weighted by Gasteiger charge is -2.12. The van der Waals surface area contributed by atoms with E-state index in [9.17, 15) is 9.59 Å². The number of aromatic nitrogens is 1. The number of likely N-dealkylation sites (N-methyl/N-ethyl adjacent to an activating group) is 1. The number of anilines is 1. The quantitative estimate of drug-likeness (QED) is 0.828. The number of nitrogens with zero attached hydrogens (tertiary/aromatic N) is 3. The molecule has 0 bridgehead atoms. The van der Waals surface area contributed by atoms with E-state index in [0.29, 0.717) is 24.8 Å². The van der Waals surface area contributed by atoms with Crippen LogP contribution in [0.4, 0.5) is 9.93 Å². The Bertz CT molecular complexity index is 471. The molecular weight excluding hydrogens is 242 g/mol. The van der Waals surface area contributed by atoms with E-state index in [0.717, 1.165) is 0 Å². The Labute approximate surface area is 101 Å². The van der Waals surface area contributed by atoms with Crippen LogP contribution in [0.1, 0.15) is 16.6 Å². The van der Waals surface area contributed by atoms with Crippen LogP contribution >= 0.6 is 10.5 Å². The molecule has 1 aromatic heterocycles. The van der Waals surface area contributed by atoms with Gasteiger partial charge in [-0.15, -0.1) is 0 Å². The zero-order valence-corrected chi connectivity index (χ0v) is 10.5. The summed E-state index contributed by atoms with van der Waals surface area (Å²) in [5.74, 6) is -0.964. The molecule has 6 nitrogen and oxygen atoms in total. The maximum absolute atomic E-state index is 12.0. The van der Waals surface area contributed by atoms with Gasteiger partial charge in [0, 0.05) is 23.6 Å². The normalized spacial score (nSPS) is 16.8. The van der Waals surface area contributed by atoms with Crippen molar-refractivity contribution in [2.75, 3.05) is 24.5 Å². The van der Waals surface area contributed by atoms with Crippen molar-refractivity contribution >= 4 is 27.6 Å². The van der Waals surface area contributed by atoms with Gasteiger partial charge in [-0.05, 0) is 6.92 Å². The van der Waals surface area contributed by atoms with Crippen molar-refractivity contribution < 1.29 is 14.7 Å². The van der Waals surface area contributed by atoms with Crippen LogP contribution in [0.15, 0.2) is 6.20 Å². The molecule has 0 aliphatic carbocycles. The number of carbonyl (C=O) groups excluding carboxylic acids is 1. The van der Waals surface area contributed by atoms with E-state index in [4.69, 9.17) is 5.11 Å². The third-order valence-electron chi connectivity index (χ3n) is 2.81. The number of hydrogen-bond donors (Lipinski definition) is 1.